The van der Waals surface area contributed by atoms with Crippen molar-refractivity contribution in [2.75, 3.05) is 13.1 Å². The van der Waals surface area contributed by atoms with E-state index in [9.17, 15) is 4.79 Å². The monoisotopic (exact) mass is 408 g/mol. The van der Waals surface area contributed by atoms with E-state index in [4.69, 9.17) is 9.47 Å². The van der Waals surface area contributed by atoms with Crippen molar-refractivity contribution >= 4 is 17.1 Å². The van der Waals surface area contributed by atoms with Crippen LogP contribution >= 0.6 is 0 Å². The number of amides is 1. The Morgan fingerprint density at radius 3 is 2.77 bits per heavy atom. The maximum atomic E-state index is 12.6. The molecule has 2 aromatic heterocycles. The van der Waals surface area contributed by atoms with Crippen LogP contribution in [0.1, 0.15) is 45.3 Å². The zero-order valence-electron chi connectivity index (χ0n) is 17.7. The molecule has 0 spiro atoms. The van der Waals surface area contributed by atoms with E-state index in [1.165, 1.54) is 0 Å². The molecule has 2 unspecified atom stereocenters. The Balaban J connectivity index is 1.59. The standard InChI is InChI=1S/C23H28N4O3/c1-23(2,3)30-22(28)27-14-8-11-17(15-27)19(16-9-5-4-6-10-16)29-21-18-12-7-13-24-20(18)25-26-21/h4-7,9-10,12-13,17,19H,8,11,14-15H2,1-3H3,(H,24,25,26). The van der Waals surface area contributed by atoms with Gasteiger partial charge in [0.15, 0.2) is 5.65 Å². The van der Waals surface area contributed by atoms with Gasteiger partial charge in [0.25, 0.3) is 0 Å². The summed E-state index contributed by atoms with van der Waals surface area (Å²) < 4.78 is 12.1. The SMILES string of the molecule is CC(C)(C)OC(=O)N1CCCC(C(Oc2n[nH]c3ncccc23)c2ccccc2)C1. The Morgan fingerprint density at radius 2 is 2.00 bits per heavy atom. The number of hydrogen-bond donors (Lipinski definition) is 1. The fourth-order valence-electron chi connectivity index (χ4n) is 3.87. The van der Waals surface area contributed by atoms with E-state index in [2.05, 4.69) is 27.3 Å². The molecular formula is C23H28N4O3. The predicted octanol–water partition coefficient (Wildman–Crippen LogP) is 4.73. The molecule has 0 bridgehead atoms. The number of piperidine rings is 1. The van der Waals surface area contributed by atoms with Crippen molar-refractivity contribution < 1.29 is 14.3 Å². The summed E-state index contributed by atoms with van der Waals surface area (Å²) in [5.41, 5.74) is 1.24. The fourth-order valence-corrected chi connectivity index (χ4v) is 3.87. The first-order valence-electron chi connectivity index (χ1n) is 10.4. The minimum atomic E-state index is -0.514. The molecule has 0 radical (unpaired) electrons. The van der Waals surface area contributed by atoms with Crippen molar-refractivity contribution in [2.45, 2.75) is 45.3 Å². The van der Waals surface area contributed by atoms with Crippen LogP contribution in [0.4, 0.5) is 4.79 Å². The van der Waals surface area contributed by atoms with Crippen LogP contribution < -0.4 is 4.74 Å². The van der Waals surface area contributed by atoms with Gasteiger partial charge in [0.2, 0.25) is 5.88 Å². The second-order valence-electron chi connectivity index (χ2n) is 8.71. The summed E-state index contributed by atoms with van der Waals surface area (Å²) in [5, 5.41) is 8.12. The summed E-state index contributed by atoms with van der Waals surface area (Å²) in [6, 6.07) is 13.9. The van der Waals surface area contributed by atoms with Crippen LogP contribution in [0.3, 0.4) is 0 Å². The topological polar surface area (TPSA) is 80.3 Å². The molecule has 3 aromatic rings. The lowest BCUT2D eigenvalue weighted by Gasteiger charge is -2.37. The molecule has 1 fully saturated rings. The highest BCUT2D eigenvalue weighted by Gasteiger charge is 2.34. The third kappa shape index (κ3) is 4.56. The molecule has 1 amide bonds. The Kier molecular flexibility index (Phi) is 5.61. The quantitative estimate of drug-likeness (QED) is 0.675. The molecule has 7 heteroatoms. The van der Waals surface area contributed by atoms with Crippen LogP contribution in [-0.2, 0) is 4.74 Å². The Labute approximate surface area is 176 Å². The van der Waals surface area contributed by atoms with Crippen LogP contribution in [0.25, 0.3) is 11.0 Å². The van der Waals surface area contributed by atoms with E-state index in [0.717, 1.165) is 23.8 Å². The summed E-state index contributed by atoms with van der Waals surface area (Å²) in [7, 11) is 0. The number of aromatic nitrogens is 3. The first kappa shape index (κ1) is 20.2. The number of carbonyl (C=O) groups is 1. The number of ether oxygens (including phenoxy) is 2. The van der Waals surface area contributed by atoms with Crippen LogP contribution in [0.5, 0.6) is 5.88 Å². The second kappa shape index (κ2) is 8.34. The molecular weight excluding hydrogens is 380 g/mol. The van der Waals surface area contributed by atoms with E-state index < -0.39 is 5.60 Å². The highest BCUT2D eigenvalue weighted by molar-refractivity contribution is 5.80. The number of nitrogens with one attached hydrogen (secondary N) is 1. The van der Waals surface area contributed by atoms with Crippen molar-refractivity contribution in [1.82, 2.24) is 20.1 Å². The average Bonchev–Trinajstić information content (AvgIpc) is 3.14. The van der Waals surface area contributed by atoms with Gasteiger partial charge in [-0.15, -0.1) is 5.10 Å². The van der Waals surface area contributed by atoms with Gasteiger partial charge >= 0.3 is 6.09 Å². The van der Waals surface area contributed by atoms with E-state index in [1.54, 1.807) is 11.1 Å². The summed E-state index contributed by atoms with van der Waals surface area (Å²) >= 11 is 0. The van der Waals surface area contributed by atoms with Crippen molar-refractivity contribution in [3.63, 3.8) is 0 Å². The predicted molar refractivity (Wildman–Crippen MR) is 114 cm³/mol. The summed E-state index contributed by atoms with van der Waals surface area (Å²) in [6.07, 6.45) is 3.08. The third-order valence-corrected chi connectivity index (χ3v) is 5.21. The van der Waals surface area contributed by atoms with Gasteiger partial charge < -0.3 is 14.4 Å². The largest absolute Gasteiger partial charge is 0.468 e. The van der Waals surface area contributed by atoms with Crippen molar-refractivity contribution in [3.05, 3.63) is 54.2 Å². The Bertz CT molecular complexity index is 996. The van der Waals surface area contributed by atoms with E-state index in [1.807, 2.05) is 51.1 Å². The van der Waals surface area contributed by atoms with Crippen molar-refractivity contribution in [1.29, 1.82) is 0 Å². The van der Waals surface area contributed by atoms with E-state index in [-0.39, 0.29) is 18.1 Å². The normalized spacial score (nSPS) is 18.2. The number of nitrogens with zero attached hydrogens (tertiary/aromatic N) is 3. The van der Waals surface area contributed by atoms with Gasteiger partial charge in [-0.2, -0.15) is 0 Å². The lowest BCUT2D eigenvalue weighted by Crippen LogP contribution is -2.44. The number of fused-ring (bicyclic) bond motifs is 1. The lowest BCUT2D eigenvalue weighted by molar-refractivity contribution is 0.00553. The van der Waals surface area contributed by atoms with Crippen LogP contribution in [0.2, 0.25) is 0 Å². The average molecular weight is 409 g/mol. The molecule has 158 valence electrons. The third-order valence-electron chi connectivity index (χ3n) is 5.21. The van der Waals surface area contributed by atoms with E-state index >= 15 is 0 Å². The molecule has 0 aliphatic carbocycles. The first-order valence-corrected chi connectivity index (χ1v) is 10.4. The minimum absolute atomic E-state index is 0.122. The maximum Gasteiger partial charge on any atom is 0.410 e. The number of pyridine rings is 1. The molecule has 30 heavy (non-hydrogen) atoms. The van der Waals surface area contributed by atoms with Gasteiger partial charge in [-0.3, -0.25) is 5.10 Å². The number of likely N-dealkylation sites (tertiary alicyclic amines) is 1. The zero-order chi connectivity index (χ0) is 21.1. The van der Waals surface area contributed by atoms with E-state index in [0.29, 0.717) is 24.6 Å². The lowest BCUT2D eigenvalue weighted by atomic mass is 9.88. The molecule has 1 N–H and O–H groups in total. The number of H-pyrrole nitrogens is 1. The number of rotatable bonds is 4. The van der Waals surface area contributed by atoms with Crippen molar-refractivity contribution in [3.8, 4) is 5.88 Å². The summed E-state index contributed by atoms with van der Waals surface area (Å²) in [4.78, 5) is 18.7. The van der Waals surface area contributed by atoms with Gasteiger partial charge in [-0.25, -0.2) is 9.78 Å². The summed E-state index contributed by atoms with van der Waals surface area (Å²) in [5.74, 6) is 0.651. The number of benzene rings is 1. The maximum absolute atomic E-state index is 12.6. The van der Waals surface area contributed by atoms with Gasteiger partial charge in [-0.05, 0) is 51.3 Å². The molecule has 2 atom stereocenters. The summed E-state index contributed by atoms with van der Waals surface area (Å²) in [6.45, 7) is 6.94. The number of hydrogen-bond acceptors (Lipinski definition) is 5. The zero-order valence-corrected chi connectivity index (χ0v) is 17.7. The number of aromatic amines is 1. The fraction of sp³-hybridized carbons (Fsp3) is 0.435. The molecule has 0 saturated carbocycles. The highest BCUT2D eigenvalue weighted by Crippen LogP contribution is 2.35. The molecule has 4 rings (SSSR count). The minimum Gasteiger partial charge on any atom is -0.468 e. The van der Waals surface area contributed by atoms with Crippen LogP contribution in [-0.4, -0.2) is 44.9 Å². The van der Waals surface area contributed by atoms with Crippen LogP contribution in [0.15, 0.2) is 48.7 Å². The Morgan fingerprint density at radius 1 is 1.20 bits per heavy atom. The highest BCUT2D eigenvalue weighted by atomic mass is 16.6. The molecule has 7 nitrogen and oxygen atoms in total. The Hall–Kier alpha value is -3.09. The molecule has 1 aromatic carbocycles. The van der Waals surface area contributed by atoms with Crippen LogP contribution in [0, 0.1) is 5.92 Å². The number of carbonyl (C=O) groups excluding carboxylic acids is 1. The molecule has 1 aliphatic heterocycles. The van der Waals surface area contributed by atoms with Gasteiger partial charge in [0, 0.05) is 25.2 Å². The molecule has 3 heterocycles. The molecule has 1 saturated heterocycles. The van der Waals surface area contributed by atoms with Gasteiger partial charge in [0.1, 0.15) is 11.7 Å². The smallest absolute Gasteiger partial charge is 0.410 e. The molecule has 1 aliphatic rings. The second-order valence-corrected chi connectivity index (χ2v) is 8.71. The van der Waals surface area contributed by atoms with Gasteiger partial charge in [-0.1, -0.05) is 30.3 Å². The first-order chi connectivity index (χ1) is 14.4. The van der Waals surface area contributed by atoms with Gasteiger partial charge in [0.05, 0.1) is 5.39 Å². The van der Waals surface area contributed by atoms with Crippen molar-refractivity contribution in [2.24, 2.45) is 5.92 Å².